The minimum Gasteiger partial charge on any atom is -0.457 e. The second kappa shape index (κ2) is 5.33. The van der Waals surface area contributed by atoms with Crippen LogP contribution in [0.4, 0.5) is 0 Å². The van der Waals surface area contributed by atoms with E-state index in [-0.39, 0.29) is 5.84 Å². The van der Waals surface area contributed by atoms with E-state index >= 15 is 0 Å². The second-order valence-electron chi connectivity index (χ2n) is 3.84. The Kier molecular flexibility index (Phi) is 3.60. The van der Waals surface area contributed by atoms with E-state index in [9.17, 15) is 5.11 Å². The fourth-order valence-corrected chi connectivity index (χ4v) is 1.52. The van der Waals surface area contributed by atoms with Gasteiger partial charge in [-0.25, -0.2) is 0 Å². The molecule has 0 saturated heterocycles. The van der Waals surface area contributed by atoms with Crippen LogP contribution >= 0.6 is 0 Å². The Balaban J connectivity index is 2.11. The number of hydrogen-bond acceptors (Lipinski definition) is 3. The molecule has 4 nitrogen and oxygen atoms in total. The van der Waals surface area contributed by atoms with Gasteiger partial charge in [0.1, 0.15) is 23.4 Å². The molecule has 0 fully saturated rings. The van der Waals surface area contributed by atoms with Gasteiger partial charge in [0.2, 0.25) is 0 Å². The third kappa shape index (κ3) is 2.87. The van der Waals surface area contributed by atoms with Crippen molar-refractivity contribution < 1.29 is 9.84 Å². The smallest absolute Gasteiger partial charge is 0.135 e. The fraction of sp³-hybridized carbons (Fsp3) is 0.0714. The van der Waals surface area contributed by atoms with Crippen LogP contribution in [0.5, 0.6) is 11.5 Å². The summed E-state index contributed by atoms with van der Waals surface area (Å²) in [7, 11) is 0. The van der Waals surface area contributed by atoms with Crippen molar-refractivity contribution in [3.63, 3.8) is 0 Å². The molecular formula is C14H14N2O2. The van der Waals surface area contributed by atoms with Gasteiger partial charge in [0, 0.05) is 0 Å². The Labute approximate surface area is 105 Å². The van der Waals surface area contributed by atoms with E-state index in [1.54, 1.807) is 24.3 Å². The molecule has 0 bridgehead atoms. The standard InChI is InChI=1S/C14H14N2O2/c15-14(16)13(17)10-6-8-12(9-7-10)18-11-4-2-1-3-5-11/h1-9,13,17H,(H3,15,16). The molecule has 0 saturated carbocycles. The van der Waals surface area contributed by atoms with Gasteiger partial charge < -0.3 is 15.6 Å². The zero-order valence-corrected chi connectivity index (χ0v) is 9.71. The molecule has 0 aliphatic rings. The Bertz CT molecular complexity index is 523. The summed E-state index contributed by atoms with van der Waals surface area (Å²) in [5.41, 5.74) is 5.80. The van der Waals surface area contributed by atoms with Gasteiger partial charge in [0.25, 0.3) is 0 Å². The lowest BCUT2D eigenvalue weighted by atomic mass is 10.1. The Hall–Kier alpha value is -2.33. The maximum Gasteiger partial charge on any atom is 0.135 e. The number of aliphatic hydroxyl groups is 1. The van der Waals surface area contributed by atoms with Crippen LogP contribution in [0.1, 0.15) is 11.7 Å². The van der Waals surface area contributed by atoms with Crippen molar-refractivity contribution in [3.8, 4) is 11.5 Å². The van der Waals surface area contributed by atoms with Crippen LogP contribution < -0.4 is 10.5 Å². The van der Waals surface area contributed by atoms with E-state index < -0.39 is 6.10 Å². The van der Waals surface area contributed by atoms with E-state index in [0.29, 0.717) is 11.3 Å². The summed E-state index contributed by atoms with van der Waals surface area (Å²) in [5, 5.41) is 16.8. The highest BCUT2D eigenvalue weighted by molar-refractivity contribution is 5.82. The first-order chi connectivity index (χ1) is 8.66. The molecule has 0 aliphatic carbocycles. The maximum atomic E-state index is 9.59. The number of benzene rings is 2. The Morgan fingerprint density at radius 2 is 1.56 bits per heavy atom. The molecular weight excluding hydrogens is 228 g/mol. The van der Waals surface area contributed by atoms with Gasteiger partial charge >= 0.3 is 0 Å². The minimum atomic E-state index is -1.06. The first kappa shape index (κ1) is 12.1. The molecule has 0 aromatic heterocycles. The van der Waals surface area contributed by atoms with Crippen molar-refractivity contribution in [3.05, 3.63) is 60.2 Å². The van der Waals surface area contributed by atoms with Gasteiger partial charge in [-0.2, -0.15) is 0 Å². The van der Waals surface area contributed by atoms with Gasteiger partial charge in [-0.3, -0.25) is 5.41 Å². The molecule has 0 radical (unpaired) electrons. The van der Waals surface area contributed by atoms with Crippen LogP contribution in [-0.2, 0) is 0 Å². The number of amidine groups is 1. The number of rotatable bonds is 4. The Morgan fingerprint density at radius 1 is 1.00 bits per heavy atom. The monoisotopic (exact) mass is 242 g/mol. The molecule has 0 spiro atoms. The van der Waals surface area contributed by atoms with Gasteiger partial charge in [-0.05, 0) is 29.8 Å². The molecule has 2 rings (SSSR count). The largest absolute Gasteiger partial charge is 0.457 e. The number of ether oxygens (including phenoxy) is 1. The van der Waals surface area contributed by atoms with Crippen LogP contribution in [0.2, 0.25) is 0 Å². The third-order valence-corrected chi connectivity index (χ3v) is 2.47. The molecule has 92 valence electrons. The highest BCUT2D eigenvalue weighted by Crippen LogP contribution is 2.23. The molecule has 0 aliphatic heterocycles. The number of aliphatic hydroxyl groups excluding tert-OH is 1. The van der Waals surface area contributed by atoms with Crippen LogP contribution in [0, 0.1) is 5.41 Å². The quantitative estimate of drug-likeness (QED) is 0.569. The number of nitrogens with two attached hydrogens (primary N) is 1. The van der Waals surface area contributed by atoms with Crippen LogP contribution in [0.25, 0.3) is 0 Å². The van der Waals surface area contributed by atoms with E-state index in [1.807, 2.05) is 30.3 Å². The lowest BCUT2D eigenvalue weighted by molar-refractivity contribution is 0.245. The zero-order valence-electron chi connectivity index (χ0n) is 9.71. The molecule has 0 amide bonds. The normalized spacial score (nSPS) is 11.8. The van der Waals surface area contributed by atoms with E-state index in [1.165, 1.54) is 0 Å². The SMILES string of the molecule is N=C(N)C(O)c1ccc(Oc2ccccc2)cc1. The predicted molar refractivity (Wildman–Crippen MR) is 69.8 cm³/mol. The van der Waals surface area contributed by atoms with Crippen molar-refractivity contribution in [2.24, 2.45) is 5.73 Å². The summed E-state index contributed by atoms with van der Waals surface area (Å²) in [6.07, 6.45) is -1.06. The highest BCUT2D eigenvalue weighted by atomic mass is 16.5. The molecule has 1 unspecified atom stereocenters. The molecule has 2 aromatic carbocycles. The first-order valence-electron chi connectivity index (χ1n) is 5.51. The van der Waals surface area contributed by atoms with Crippen molar-refractivity contribution in [2.75, 3.05) is 0 Å². The summed E-state index contributed by atoms with van der Waals surface area (Å²) in [6, 6.07) is 16.2. The lowest BCUT2D eigenvalue weighted by Gasteiger charge is -2.10. The van der Waals surface area contributed by atoms with Crippen LogP contribution in [-0.4, -0.2) is 10.9 Å². The van der Waals surface area contributed by atoms with E-state index in [4.69, 9.17) is 15.9 Å². The number of nitrogens with one attached hydrogen (secondary N) is 1. The second-order valence-corrected chi connectivity index (χ2v) is 3.84. The third-order valence-electron chi connectivity index (χ3n) is 2.47. The van der Waals surface area contributed by atoms with E-state index in [2.05, 4.69) is 0 Å². The zero-order chi connectivity index (χ0) is 13.0. The summed E-state index contributed by atoms with van der Waals surface area (Å²) < 4.78 is 5.61. The maximum absolute atomic E-state index is 9.59. The van der Waals surface area contributed by atoms with Gasteiger partial charge in [-0.1, -0.05) is 30.3 Å². The average molecular weight is 242 g/mol. The summed E-state index contributed by atoms with van der Waals surface area (Å²) >= 11 is 0. The van der Waals surface area contributed by atoms with Crippen LogP contribution in [0.15, 0.2) is 54.6 Å². The van der Waals surface area contributed by atoms with Gasteiger partial charge in [0.15, 0.2) is 0 Å². The molecule has 2 aromatic rings. The lowest BCUT2D eigenvalue weighted by Crippen LogP contribution is -2.19. The topological polar surface area (TPSA) is 79.3 Å². The van der Waals surface area contributed by atoms with Crippen molar-refractivity contribution in [2.45, 2.75) is 6.10 Å². The number of para-hydroxylation sites is 1. The van der Waals surface area contributed by atoms with Crippen molar-refractivity contribution in [1.29, 1.82) is 5.41 Å². The minimum absolute atomic E-state index is 0.272. The number of hydrogen-bond donors (Lipinski definition) is 3. The first-order valence-corrected chi connectivity index (χ1v) is 5.51. The average Bonchev–Trinajstić information content (AvgIpc) is 2.40. The van der Waals surface area contributed by atoms with Crippen LogP contribution in [0.3, 0.4) is 0 Å². The fourth-order valence-electron chi connectivity index (χ4n) is 1.52. The highest BCUT2D eigenvalue weighted by Gasteiger charge is 2.10. The molecule has 4 N–H and O–H groups in total. The molecule has 4 heteroatoms. The van der Waals surface area contributed by atoms with E-state index in [0.717, 1.165) is 5.75 Å². The predicted octanol–water partition coefficient (Wildman–Crippen LogP) is 2.45. The molecule has 0 heterocycles. The van der Waals surface area contributed by atoms with Gasteiger partial charge in [0.05, 0.1) is 0 Å². The van der Waals surface area contributed by atoms with Crippen molar-refractivity contribution >= 4 is 5.84 Å². The Morgan fingerprint density at radius 3 is 2.11 bits per heavy atom. The summed E-state index contributed by atoms with van der Waals surface area (Å²) in [4.78, 5) is 0. The molecule has 1 atom stereocenters. The molecule has 18 heavy (non-hydrogen) atoms. The van der Waals surface area contributed by atoms with Crippen molar-refractivity contribution in [1.82, 2.24) is 0 Å². The summed E-state index contributed by atoms with van der Waals surface area (Å²) in [5.74, 6) is 1.14. The van der Waals surface area contributed by atoms with Gasteiger partial charge in [-0.15, -0.1) is 0 Å². The summed E-state index contributed by atoms with van der Waals surface area (Å²) in [6.45, 7) is 0.